The number of rotatable bonds is 7. The van der Waals surface area contributed by atoms with Gasteiger partial charge in [0.05, 0.1) is 11.6 Å². The van der Waals surface area contributed by atoms with Crippen LogP contribution in [0.25, 0.3) is 6.08 Å². The molecule has 0 atom stereocenters. The van der Waals surface area contributed by atoms with Crippen molar-refractivity contribution < 1.29 is 14.3 Å². The maximum Gasteiger partial charge on any atom is 0.264 e. The van der Waals surface area contributed by atoms with Crippen molar-refractivity contribution in [1.29, 1.82) is 5.26 Å². The fourth-order valence-corrected chi connectivity index (χ4v) is 3.61. The van der Waals surface area contributed by atoms with Gasteiger partial charge in [0.15, 0.2) is 11.5 Å². The molecule has 7 heteroatoms. The van der Waals surface area contributed by atoms with E-state index in [1.165, 1.54) is 6.08 Å². The third kappa shape index (κ3) is 5.47. The van der Waals surface area contributed by atoms with Crippen LogP contribution in [-0.2, 0) is 11.4 Å². The van der Waals surface area contributed by atoms with E-state index >= 15 is 0 Å². The van der Waals surface area contributed by atoms with Gasteiger partial charge in [0.1, 0.15) is 18.2 Å². The SMILES string of the molecule is CCOc1cc(/C=C(\C#N)C(=O)N2CCCC2)cc(Cl)c1OCc1ccc(Cl)cc1. The maximum atomic E-state index is 12.6. The molecule has 5 nitrogen and oxygen atoms in total. The highest BCUT2D eigenvalue weighted by molar-refractivity contribution is 6.32. The van der Waals surface area contributed by atoms with Crippen molar-refractivity contribution in [3.63, 3.8) is 0 Å². The Kier molecular flexibility index (Phi) is 7.62. The lowest BCUT2D eigenvalue weighted by atomic mass is 10.1. The Balaban J connectivity index is 1.85. The Hall–Kier alpha value is -2.68. The van der Waals surface area contributed by atoms with Crippen molar-refractivity contribution in [3.8, 4) is 17.6 Å². The van der Waals surface area contributed by atoms with Crippen LogP contribution in [0.15, 0.2) is 42.0 Å². The summed E-state index contributed by atoms with van der Waals surface area (Å²) in [7, 11) is 0. The molecule has 3 rings (SSSR count). The van der Waals surface area contributed by atoms with Gasteiger partial charge >= 0.3 is 0 Å². The predicted octanol–water partition coefficient (Wildman–Crippen LogP) is 5.50. The summed E-state index contributed by atoms with van der Waals surface area (Å²) in [6.07, 6.45) is 3.47. The molecule has 0 aliphatic carbocycles. The second-order valence-electron chi connectivity index (χ2n) is 6.85. The minimum atomic E-state index is -0.257. The number of carbonyl (C=O) groups is 1. The highest BCUT2D eigenvalue weighted by atomic mass is 35.5. The smallest absolute Gasteiger partial charge is 0.264 e. The van der Waals surface area contributed by atoms with Gasteiger partial charge in [0, 0.05) is 18.1 Å². The number of likely N-dealkylation sites (tertiary alicyclic amines) is 1. The van der Waals surface area contributed by atoms with Gasteiger partial charge < -0.3 is 14.4 Å². The Morgan fingerprint density at radius 1 is 1.17 bits per heavy atom. The minimum Gasteiger partial charge on any atom is -0.490 e. The van der Waals surface area contributed by atoms with Gasteiger partial charge in [-0.25, -0.2) is 0 Å². The molecule has 0 spiro atoms. The number of ether oxygens (including phenoxy) is 2. The predicted molar refractivity (Wildman–Crippen MR) is 118 cm³/mol. The first kappa shape index (κ1) is 22.0. The molecule has 0 unspecified atom stereocenters. The summed E-state index contributed by atoms with van der Waals surface area (Å²) in [4.78, 5) is 14.3. The average Bonchev–Trinajstić information content (AvgIpc) is 3.27. The zero-order valence-corrected chi connectivity index (χ0v) is 18.2. The number of nitriles is 1. The molecular formula is C23H22Cl2N2O3. The fraction of sp³-hybridized carbons (Fsp3) is 0.304. The summed E-state index contributed by atoms with van der Waals surface area (Å²) in [6, 6.07) is 12.7. The first-order chi connectivity index (χ1) is 14.5. The average molecular weight is 445 g/mol. The molecule has 0 N–H and O–H groups in total. The molecule has 0 aromatic heterocycles. The van der Waals surface area contributed by atoms with Crippen molar-refractivity contribution in [1.82, 2.24) is 4.90 Å². The first-order valence-electron chi connectivity index (χ1n) is 9.76. The first-order valence-corrected chi connectivity index (χ1v) is 10.5. The third-order valence-corrected chi connectivity index (χ3v) is 5.22. The van der Waals surface area contributed by atoms with Crippen molar-refractivity contribution in [2.45, 2.75) is 26.4 Å². The van der Waals surface area contributed by atoms with Crippen LogP contribution >= 0.6 is 23.2 Å². The molecule has 1 aliphatic heterocycles. The minimum absolute atomic E-state index is 0.0743. The van der Waals surface area contributed by atoms with E-state index in [1.54, 1.807) is 29.2 Å². The van der Waals surface area contributed by atoms with E-state index in [0.717, 1.165) is 18.4 Å². The second-order valence-corrected chi connectivity index (χ2v) is 7.69. The van der Waals surface area contributed by atoms with Gasteiger partial charge in [-0.1, -0.05) is 35.3 Å². The van der Waals surface area contributed by atoms with Gasteiger partial charge in [0.25, 0.3) is 5.91 Å². The molecule has 1 fully saturated rings. The van der Waals surface area contributed by atoms with Crippen molar-refractivity contribution in [2.24, 2.45) is 0 Å². The fourth-order valence-electron chi connectivity index (χ4n) is 3.21. The second kappa shape index (κ2) is 10.4. The molecule has 1 heterocycles. The topological polar surface area (TPSA) is 62.6 Å². The normalized spacial score (nSPS) is 13.8. The van der Waals surface area contributed by atoms with E-state index in [9.17, 15) is 10.1 Å². The summed E-state index contributed by atoms with van der Waals surface area (Å²) in [5.41, 5.74) is 1.61. The number of hydrogen-bond donors (Lipinski definition) is 0. The van der Waals surface area contributed by atoms with E-state index in [2.05, 4.69) is 0 Å². The number of amides is 1. The standard InChI is InChI=1S/C23H22Cl2N2O3/c1-2-29-21-13-17(11-18(14-26)23(28)27-9-3-4-10-27)12-20(25)22(21)30-15-16-5-7-19(24)8-6-16/h5-8,11-13H,2-4,9-10,15H2,1H3/b18-11+. The number of hydrogen-bond acceptors (Lipinski definition) is 4. The van der Waals surface area contributed by atoms with Crippen LogP contribution in [0.1, 0.15) is 30.9 Å². The van der Waals surface area contributed by atoms with Gasteiger partial charge in [-0.05, 0) is 61.2 Å². The molecular weight excluding hydrogens is 423 g/mol. The Bertz CT molecular complexity index is 975. The lowest BCUT2D eigenvalue weighted by Gasteiger charge is -2.16. The molecule has 0 bridgehead atoms. The molecule has 156 valence electrons. The van der Waals surface area contributed by atoms with Gasteiger partial charge in [-0.3, -0.25) is 4.79 Å². The number of benzene rings is 2. The van der Waals surface area contributed by atoms with Crippen LogP contribution in [0.4, 0.5) is 0 Å². The van der Waals surface area contributed by atoms with E-state index in [1.807, 2.05) is 25.1 Å². The van der Waals surface area contributed by atoms with Crippen LogP contribution in [0, 0.1) is 11.3 Å². The summed E-state index contributed by atoms with van der Waals surface area (Å²) < 4.78 is 11.6. The molecule has 2 aromatic carbocycles. The molecule has 1 aliphatic rings. The number of halogens is 2. The van der Waals surface area contributed by atoms with E-state index < -0.39 is 0 Å². The van der Waals surface area contributed by atoms with Crippen molar-refractivity contribution >= 4 is 35.2 Å². The van der Waals surface area contributed by atoms with Gasteiger partial charge in [-0.15, -0.1) is 0 Å². The molecule has 2 aromatic rings. The molecule has 30 heavy (non-hydrogen) atoms. The van der Waals surface area contributed by atoms with Crippen molar-refractivity contribution in [3.05, 3.63) is 63.1 Å². The Morgan fingerprint density at radius 3 is 2.50 bits per heavy atom. The molecule has 0 saturated carbocycles. The van der Waals surface area contributed by atoms with E-state index in [0.29, 0.717) is 53.4 Å². The quantitative estimate of drug-likeness (QED) is 0.417. The van der Waals surface area contributed by atoms with E-state index in [4.69, 9.17) is 32.7 Å². The van der Waals surface area contributed by atoms with Crippen LogP contribution in [0.3, 0.4) is 0 Å². The largest absolute Gasteiger partial charge is 0.490 e. The molecule has 1 saturated heterocycles. The number of nitrogens with zero attached hydrogens (tertiary/aromatic N) is 2. The monoisotopic (exact) mass is 444 g/mol. The van der Waals surface area contributed by atoms with Crippen LogP contribution in [0.2, 0.25) is 10.0 Å². The lowest BCUT2D eigenvalue weighted by molar-refractivity contribution is -0.125. The van der Waals surface area contributed by atoms with Crippen LogP contribution in [-0.4, -0.2) is 30.5 Å². The molecule has 0 radical (unpaired) electrons. The van der Waals surface area contributed by atoms with Crippen molar-refractivity contribution in [2.75, 3.05) is 19.7 Å². The zero-order chi connectivity index (χ0) is 21.5. The van der Waals surface area contributed by atoms with Gasteiger partial charge in [-0.2, -0.15) is 5.26 Å². The summed E-state index contributed by atoms with van der Waals surface area (Å²) in [5, 5.41) is 10.5. The Morgan fingerprint density at radius 2 is 1.87 bits per heavy atom. The summed E-state index contributed by atoms with van der Waals surface area (Å²) in [6.45, 7) is 3.93. The lowest BCUT2D eigenvalue weighted by Crippen LogP contribution is -2.28. The zero-order valence-electron chi connectivity index (χ0n) is 16.7. The summed E-state index contributed by atoms with van der Waals surface area (Å²) >= 11 is 12.4. The summed E-state index contributed by atoms with van der Waals surface area (Å²) in [5.74, 6) is 0.610. The van der Waals surface area contributed by atoms with Crippen LogP contribution in [0.5, 0.6) is 11.5 Å². The maximum absolute atomic E-state index is 12.6. The highest BCUT2D eigenvalue weighted by Crippen LogP contribution is 2.38. The number of carbonyl (C=O) groups excluding carboxylic acids is 1. The van der Waals surface area contributed by atoms with E-state index in [-0.39, 0.29) is 11.5 Å². The van der Waals surface area contributed by atoms with Crippen LogP contribution < -0.4 is 9.47 Å². The van der Waals surface area contributed by atoms with Gasteiger partial charge in [0.2, 0.25) is 0 Å². The Labute approximate surface area is 186 Å². The third-order valence-electron chi connectivity index (χ3n) is 4.68. The highest BCUT2D eigenvalue weighted by Gasteiger charge is 2.22. The molecule has 1 amide bonds.